The zero-order valence-corrected chi connectivity index (χ0v) is 17.0. The first-order valence-electron chi connectivity index (χ1n) is 9.28. The molecular formula is C21H24Cl2N2O3. The quantitative estimate of drug-likeness (QED) is 0.625. The average Bonchev–Trinajstić information content (AvgIpc) is 2.69. The number of aliphatic hydroxyl groups excluding tert-OH is 1. The van der Waals surface area contributed by atoms with Gasteiger partial charge < -0.3 is 20.4 Å². The summed E-state index contributed by atoms with van der Waals surface area (Å²) >= 11 is 11.8. The third-order valence-corrected chi connectivity index (χ3v) is 5.57. The van der Waals surface area contributed by atoms with Crippen LogP contribution in [0.15, 0.2) is 48.5 Å². The van der Waals surface area contributed by atoms with Gasteiger partial charge in [-0.15, -0.1) is 0 Å². The first-order chi connectivity index (χ1) is 13.4. The zero-order valence-electron chi connectivity index (χ0n) is 15.4. The van der Waals surface area contributed by atoms with Crippen molar-refractivity contribution in [1.29, 1.82) is 0 Å². The molecule has 0 spiro atoms. The number of amides is 1. The van der Waals surface area contributed by atoms with Crippen LogP contribution in [0.2, 0.25) is 10.0 Å². The van der Waals surface area contributed by atoms with Crippen molar-refractivity contribution in [2.75, 3.05) is 26.2 Å². The van der Waals surface area contributed by atoms with E-state index in [9.17, 15) is 15.0 Å². The third kappa shape index (κ3) is 5.25. The molecule has 1 saturated heterocycles. The molecule has 1 aliphatic rings. The number of β-amino-alcohol motifs (C(OH)–C–C–N with tert-alkyl or cyclic N) is 1. The Hall–Kier alpha value is -1.63. The van der Waals surface area contributed by atoms with Gasteiger partial charge in [0.2, 0.25) is 0 Å². The number of likely N-dealkylation sites (tertiary alicyclic amines) is 1. The van der Waals surface area contributed by atoms with E-state index in [-0.39, 0.29) is 19.0 Å². The number of nitrogens with one attached hydrogen (secondary N) is 1. The lowest BCUT2D eigenvalue weighted by Crippen LogP contribution is -2.62. The zero-order chi connectivity index (χ0) is 20.1. The topological polar surface area (TPSA) is 72.8 Å². The largest absolute Gasteiger partial charge is 0.390 e. The van der Waals surface area contributed by atoms with Gasteiger partial charge in [0, 0.05) is 28.7 Å². The molecule has 2 atom stereocenters. The predicted molar refractivity (Wildman–Crippen MR) is 111 cm³/mol. The van der Waals surface area contributed by atoms with Crippen LogP contribution < -0.4 is 5.32 Å². The van der Waals surface area contributed by atoms with Gasteiger partial charge >= 0.3 is 0 Å². The average molecular weight is 423 g/mol. The lowest BCUT2D eigenvalue weighted by atomic mass is 9.89. The smallest absolute Gasteiger partial charge is 0.253 e. The molecule has 0 saturated carbocycles. The second-order valence-corrected chi connectivity index (χ2v) is 8.07. The fraction of sp³-hybridized carbons (Fsp3) is 0.381. The third-order valence-electron chi connectivity index (χ3n) is 5.07. The van der Waals surface area contributed by atoms with Crippen molar-refractivity contribution in [3.8, 4) is 0 Å². The van der Waals surface area contributed by atoms with Crippen molar-refractivity contribution in [2.45, 2.75) is 24.5 Å². The molecule has 1 fully saturated rings. The van der Waals surface area contributed by atoms with Gasteiger partial charge in [-0.3, -0.25) is 4.79 Å². The molecule has 1 heterocycles. The van der Waals surface area contributed by atoms with Crippen molar-refractivity contribution in [3.05, 3.63) is 69.7 Å². The lowest BCUT2D eigenvalue weighted by Gasteiger charge is -2.42. The molecule has 3 N–H and O–H groups in total. The van der Waals surface area contributed by atoms with Gasteiger partial charge in [-0.1, -0.05) is 35.3 Å². The Balaban J connectivity index is 1.55. The highest BCUT2D eigenvalue weighted by atomic mass is 35.5. The maximum absolute atomic E-state index is 12.7. The van der Waals surface area contributed by atoms with Crippen LogP contribution in [0.5, 0.6) is 0 Å². The van der Waals surface area contributed by atoms with E-state index in [2.05, 4.69) is 5.32 Å². The van der Waals surface area contributed by atoms with E-state index in [4.69, 9.17) is 23.2 Å². The number of carbonyl (C=O) groups excluding carboxylic acids is 1. The van der Waals surface area contributed by atoms with Gasteiger partial charge in [0.15, 0.2) is 0 Å². The SMILES string of the molecule is O=C(c1ccc(Cl)cc1)N1CC[C@H](O)[C@@](O)(CNCCc2ccc(Cl)cc2)C1. The molecule has 0 aromatic heterocycles. The summed E-state index contributed by atoms with van der Waals surface area (Å²) in [7, 11) is 0. The van der Waals surface area contributed by atoms with E-state index in [0.29, 0.717) is 35.1 Å². The summed E-state index contributed by atoms with van der Waals surface area (Å²) in [5.74, 6) is -0.178. The molecule has 28 heavy (non-hydrogen) atoms. The Labute approximate surface area is 174 Å². The first-order valence-corrected chi connectivity index (χ1v) is 10.0. The van der Waals surface area contributed by atoms with E-state index in [1.807, 2.05) is 24.3 Å². The summed E-state index contributed by atoms with van der Waals surface area (Å²) in [4.78, 5) is 14.3. The number of benzene rings is 2. The molecule has 0 radical (unpaired) electrons. The minimum absolute atomic E-state index is 0.0730. The number of piperidine rings is 1. The molecule has 150 valence electrons. The van der Waals surface area contributed by atoms with Crippen LogP contribution in [0.4, 0.5) is 0 Å². The van der Waals surface area contributed by atoms with Crippen LogP contribution in [-0.2, 0) is 6.42 Å². The number of carbonyl (C=O) groups is 1. The van der Waals surface area contributed by atoms with Crippen LogP contribution in [0.1, 0.15) is 22.3 Å². The summed E-state index contributed by atoms with van der Waals surface area (Å²) in [6.45, 7) is 1.31. The molecule has 2 aromatic carbocycles. The molecule has 1 aliphatic heterocycles. The monoisotopic (exact) mass is 422 g/mol. The maximum Gasteiger partial charge on any atom is 0.253 e. The van der Waals surface area contributed by atoms with Crippen molar-refractivity contribution in [2.24, 2.45) is 0 Å². The predicted octanol–water partition coefficient (Wildman–Crippen LogP) is 2.76. The number of aliphatic hydroxyl groups is 2. The Morgan fingerprint density at radius 2 is 1.71 bits per heavy atom. The minimum Gasteiger partial charge on any atom is -0.390 e. The molecular weight excluding hydrogens is 399 g/mol. The summed E-state index contributed by atoms with van der Waals surface area (Å²) in [6.07, 6.45) is 0.218. The van der Waals surface area contributed by atoms with E-state index < -0.39 is 11.7 Å². The van der Waals surface area contributed by atoms with Gasteiger partial charge in [0.1, 0.15) is 5.60 Å². The normalized spacial score (nSPS) is 22.3. The molecule has 0 aliphatic carbocycles. The molecule has 2 aromatic rings. The van der Waals surface area contributed by atoms with Crippen molar-refractivity contribution >= 4 is 29.1 Å². The Morgan fingerprint density at radius 1 is 1.11 bits per heavy atom. The van der Waals surface area contributed by atoms with Crippen molar-refractivity contribution in [3.63, 3.8) is 0 Å². The fourth-order valence-corrected chi connectivity index (χ4v) is 3.62. The van der Waals surface area contributed by atoms with E-state index in [1.165, 1.54) is 0 Å². The van der Waals surface area contributed by atoms with E-state index >= 15 is 0 Å². The maximum atomic E-state index is 12.7. The Kier molecular flexibility index (Phi) is 6.96. The van der Waals surface area contributed by atoms with Gasteiger partial charge in [0.05, 0.1) is 12.6 Å². The molecule has 3 rings (SSSR count). The summed E-state index contributed by atoms with van der Waals surface area (Å²) < 4.78 is 0. The lowest BCUT2D eigenvalue weighted by molar-refractivity contribution is -0.111. The van der Waals surface area contributed by atoms with E-state index in [0.717, 1.165) is 12.0 Å². The number of nitrogens with zero attached hydrogens (tertiary/aromatic N) is 1. The van der Waals surface area contributed by atoms with Crippen LogP contribution in [0.3, 0.4) is 0 Å². The minimum atomic E-state index is -1.39. The highest BCUT2D eigenvalue weighted by Gasteiger charge is 2.42. The Morgan fingerprint density at radius 3 is 2.36 bits per heavy atom. The Bertz CT molecular complexity index is 798. The number of rotatable bonds is 6. The number of halogens is 2. The van der Waals surface area contributed by atoms with Crippen LogP contribution in [0.25, 0.3) is 0 Å². The van der Waals surface area contributed by atoms with Crippen molar-refractivity contribution in [1.82, 2.24) is 10.2 Å². The van der Waals surface area contributed by atoms with Crippen molar-refractivity contribution < 1.29 is 15.0 Å². The van der Waals surface area contributed by atoms with Gasteiger partial charge in [-0.2, -0.15) is 0 Å². The molecule has 0 bridgehead atoms. The van der Waals surface area contributed by atoms with Crippen LogP contribution in [-0.4, -0.2) is 58.9 Å². The second kappa shape index (κ2) is 9.25. The van der Waals surface area contributed by atoms with Gasteiger partial charge in [-0.05, 0) is 61.3 Å². The standard InChI is InChI=1S/C21H24Cl2N2O3/c22-17-5-1-15(2-6-17)9-11-24-13-21(28)14-25(12-10-19(21)26)20(27)16-3-7-18(23)8-4-16/h1-8,19,24,26,28H,9-14H2/t19-,21+/m0/s1. The highest BCUT2D eigenvalue weighted by Crippen LogP contribution is 2.23. The summed E-state index contributed by atoms with van der Waals surface area (Å²) in [6, 6.07) is 14.3. The second-order valence-electron chi connectivity index (χ2n) is 7.19. The number of hydrogen-bond acceptors (Lipinski definition) is 4. The molecule has 1 amide bonds. The summed E-state index contributed by atoms with van der Waals surface area (Å²) in [5, 5.41) is 25.7. The fourth-order valence-electron chi connectivity index (χ4n) is 3.37. The van der Waals surface area contributed by atoms with Gasteiger partial charge in [0.25, 0.3) is 5.91 Å². The number of hydrogen-bond donors (Lipinski definition) is 3. The molecule has 7 heteroatoms. The first kappa shape index (κ1) is 21.1. The summed E-state index contributed by atoms with van der Waals surface area (Å²) in [5.41, 5.74) is 0.256. The molecule has 5 nitrogen and oxygen atoms in total. The van der Waals surface area contributed by atoms with Gasteiger partial charge in [-0.25, -0.2) is 0 Å². The van der Waals surface area contributed by atoms with E-state index in [1.54, 1.807) is 29.2 Å². The van der Waals surface area contributed by atoms with Crippen LogP contribution in [0, 0.1) is 0 Å². The molecule has 0 unspecified atom stereocenters. The van der Waals surface area contributed by atoms with Crippen LogP contribution >= 0.6 is 23.2 Å². The highest BCUT2D eigenvalue weighted by molar-refractivity contribution is 6.30.